The average molecular weight is 342 g/mol. The highest BCUT2D eigenvalue weighted by Crippen LogP contribution is 2.27. The SMILES string of the molecule is O=C(CCC(=O)N1CCN(C(=O)C2CCCC2)CC1)c1ccccc1. The zero-order valence-electron chi connectivity index (χ0n) is 14.7. The topological polar surface area (TPSA) is 57.7 Å². The van der Waals surface area contributed by atoms with Crippen LogP contribution in [0.4, 0.5) is 0 Å². The number of hydrogen-bond acceptors (Lipinski definition) is 3. The van der Waals surface area contributed by atoms with Crippen LogP contribution in [-0.4, -0.2) is 53.6 Å². The van der Waals surface area contributed by atoms with E-state index in [0.717, 1.165) is 25.7 Å². The molecule has 0 N–H and O–H groups in total. The first-order chi connectivity index (χ1) is 12.1. The smallest absolute Gasteiger partial charge is 0.225 e. The lowest BCUT2D eigenvalue weighted by Crippen LogP contribution is -2.51. The molecule has 0 atom stereocenters. The predicted octanol–water partition coefficient (Wildman–Crippen LogP) is 2.51. The summed E-state index contributed by atoms with van der Waals surface area (Å²) in [6, 6.07) is 9.08. The molecule has 1 aliphatic carbocycles. The van der Waals surface area contributed by atoms with Crippen molar-refractivity contribution in [2.75, 3.05) is 26.2 Å². The molecule has 5 heteroatoms. The monoisotopic (exact) mass is 342 g/mol. The van der Waals surface area contributed by atoms with Crippen LogP contribution in [0.2, 0.25) is 0 Å². The van der Waals surface area contributed by atoms with E-state index in [1.807, 2.05) is 23.1 Å². The Balaban J connectivity index is 1.42. The second kappa shape index (κ2) is 8.28. The third-order valence-corrected chi connectivity index (χ3v) is 5.31. The number of carbonyl (C=O) groups is 3. The Morgan fingerprint density at radius 1 is 0.840 bits per heavy atom. The summed E-state index contributed by atoms with van der Waals surface area (Å²) in [6.45, 7) is 2.40. The van der Waals surface area contributed by atoms with Crippen molar-refractivity contribution in [1.29, 1.82) is 0 Å². The van der Waals surface area contributed by atoms with E-state index in [4.69, 9.17) is 0 Å². The second-order valence-electron chi connectivity index (χ2n) is 6.98. The van der Waals surface area contributed by atoms with Crippen LogP contribution in [0.5, 0.6) is 0 Å². The zero-order chi connectivity index (χ0) is 17.6. The first-order valence-corrected chi connectivity index (χ1v) is 9.30. The highest BCUT2D eigenvalue weighted by atomic mass is 16.2. The lowest BCUT2D eigenvalue weighted by Gasteiger charge is -2.36. The standard InChI is InChI=1S/C20H26N2O3/c23-18(16-6-2-1-3-7-16)10-11-19(24)21-12-14-22(15-13-21)20(25)17-8-4-5-9-17/h1-3,6-7,17H,4-5,8-15H2. The molecule has 1 saturated heterocycles. The first kappa shape index (κ1) is 17.6. The lowest BCUT2D eigenvalue weighted by atomic mass is 10.1. The van der Waals surface area contributed by atoms with Gasteiger partial charge in [-0.25, -0.2) is 0 Å². The van der Waals surface area contributed by atoms with Crippen LogP contribution in [0.1, 0.15) is 48.9 Å². The molecule has 1 aromatic rings. The van der Waals surface area contributed by atoms with Crippen molar-refractivity contribution in [3.63, 3.8) is 0 Å². The van der Waals surface area contributed by atoms with Crippen LogP contribution in [0, 0.1) is 5.92 Å². The van der Waals surface area contributed by atoms with Gasteiger partial charge in [0.05, 0.1) is 0 Å². The summed E-state index contributed by atoms with van der Waals surface area (Å²) in [7, 11) is 0. The minimum absolute atomic E-state index is 0.00370. The van der Waals surface area contributed by atoms with Gasteiger partial charge in [0.1, 0.15) is 0 Å². The molecule has 1 saturated carbocycles. The van der Waals surface area contributed by atoms with Gasteiger partial charge in [0.15, 0.2) is 5.78 Å². The molecule has 0 aromatic heterocycles. The van der Waals surface area contributed by atoms with Crippen molar-refractivity contribution in [2.24, 2.45) is 5.92 Å². The van der Waals surface area contributed by atoms with Gasteiger partial charge in [-0.15, -0.1) is 0 Å². The maximum Gasteiger partial charge on any atom is 0.225 e. The van der Waals surface area contributed by atoms with Gasteiger partial charge in [-0.2, -0.15) is 0 Å². The predicted molar refractivity (Wildman–Crippen MR) is 95.1 cm³/mol. The van der Waals surface area contributed by atoms with Gasteiger partial charge in [-0.05, 0) is 12.8 Å². The molecule has 2 fully saturated rings. The Kier molecular flexibility index (Phi) is 5.84. The largest absolute Gasteiger partial charge is 0.339 e. The Bertz CT molecular complexity index is 615. The molecule has 2 aliphatic rings. The summed E-state index contributed by atoms with van der Waals surface area (Å²) in [6.07, 6.45) is 4.82. The quantitative estimate of drug-likeness (QED) is 0.773. The number of nitrogens with zero attached hydrogens (tertiary/aromatic N) is 2. The summed E-state index contributed by atoms with van der Waals surface area (Å²) in [4.78, 5) is 40.6. The van der Waals surface area contributed by atoms with Gasteiger partial charge in [0, 0.05) is 50.5 Å². The maximum absolute atomic E-state index is 12.4. The number of hydrogen-bond donors (Lipinski definition) is 0. The van der Waals surface area contributed by atoms with E-state index < -0.39 is 0 Å². The van der Waals surface area contributed by atoms with Crippen LogP contribution in [0.3, 0.4) is 0 Å². The van der Waals surface area contributed by atoms with Gasteiger partial charge < -0.3 is 9.80 Å². The molecular weight excluding hydrogens is 316 g/mol. The first-order valence-electron chi connectivity index (χ1n) is 9.30. The molecule has 0 bridgehead atoms. The van der Waals surface area contributed by atoms with E-state index in [1.54, 1.807) is 17.0 Å². The van der Waals surface area contributed by atoms with Crippen molar-refractivity contribution in [2.45, 2.75) is 38.5 Å². The highest BCUT2D eigenvalue weighted by Gasteiger charge is 2.30. The van der Waals surface area contributed by atoms with Crippen LogP contribution in [-0.2, 0) is 9.59 Å². The van der Waals surface area contributed by atoms with Gasteiger partial charge >= 0.3 is 0 Å². The summed E-state index contributed by atoms with van der Waals surface area (Å²) < 4.78 is 0. The fourth-order valence-electron chi connectivity index (χ4n) is 3.75. The Labute approximate surface area is 149 Å². The Morgan fingerprint density at radius 2 is 1.44 bits per heavy atom. The van der Waals surface area contributed by atoms with Crippen molar-refractivity contribution in [3.05, 3.63) is 35.9 Å². The molecule has 0 spiro atoms. The number of rotatable bonds is 5. The molecule has 5 nitrogen and oxygen atoms in total. The molecule has 3 rings (SSSR count). The number of benzene rings is 1. The van der Waals surface area contributed by atoms with E-state index in [2.05, 4.69) is 0 Å². The number of Topliss-reactive ketones (excluding diaryl/α,β-unsaturated/α-hetero) is 1. The number of amides is 2. The summed E-state index contributed by atoms with van der Waals surface area (Å²) in [5.74, 6) is 0.482. The fraction of sp³-hybridized carbons (Fsp3) is 0.550. The molecule has 1 heterocycles. The molecule has 134 valence electrons. The average Bonchev–Trinajstić information content (AvgIpc) is 3.21. The molecule has 1 aliphatic heterocycles. The maximum atomic E-state index is 12.4. The van der Waals surface area contributed by atoms with E-state index in [1.165, 1.54) is 0 Å². The number of ketones is 1. The van der Waals surface area contributed by atoms with Crippen molar-refractivity contribution in [1.82, 2.24) is 9.80 Å². The van der Waals surface area contributed by atoms with E-state index in [9.17, 15) is 14.4 Å². The third-order valence-electron chi connectivity index (χ3n) is 5.31. The summed E-state index contributed by atoms with van der Waals surface area (Å²) in [5, 5.41) is 0. The fourth-order valence-corrected chi connectivity index (χ4v) is 3.75. The summed E-state index contributed by atoms with van der Waals surface area (Å²) >= 11 is 0. The molecular formula is C20H26N2O3. The number of piperazine rings is 1. The second-order valence-corrected chi connectivity index (χ2v) is 6.98. The van der Waals surface area contributed by atoms with Crippen molar-refractivity contribution < 1.29 is 14.4 Å². The van der Waals surface area contributed by atoms with Gasteiger partial charge in [-0.3, -0.25) is 14.4 Å². The number of carbonyl (C=O) groups excluding carboxylic acids is 3. The Morgan fingerprint density at radius 3 is 2.08 bits per heavy atom. The van der Waals surface area contributed by atoms with Crippen molar-refractivity contribution in [3.8, 4) is 0 Å². The zero-order valence-corrected chi connectivity index (χ0v) is 14.7. The third kappa shape index (κ3) is 4.47. The van der Waals surface area contributed by atoms with Crippen LogP contribution >= 0.6 is 0 Å². The van der Waals surface area contributed by atoms with E-state index >= 15 is 0 Å². The molecule has 25 heavy (non-hydrogen) atoms. The lowest BCUT2D eigenvalue weighted by molar-refractivity contribution is -0.142. The van der Waals surface area contributed by atoms with Crippen LogP contribution in [0.15, 0.2) is 30.3 Å². The van der Waals surface area contributed by atoms with Crippen molar-refractivity contribution >= 4 is 17.6 Å². The molecule has 0 unspecified atom stereocenters. The van der Waals surface area contributed by atoms with Gasteiger partial charge in [0.2, 0.25) is 11.8 Å². The highest BCUT2D eigenvalue weighted by molar-refractivity contribution is 5.97. The summed E-state index contributed by atoms with van der Waals surface area (Å²) in [5.41, 5.74) is 0.655. The van der Waals surface area contributed by atoms with Crippen LogP contribution < -0.4 is 0 Å². The van der Waals surface area contributed by atoms with E-state index in [-0.39, 0.29) is 36.4 Å². The van der Waals surface area contributed by atoms with Gasteiger partial charge in [0.25, 0.3) is 0 Å². The Hall–Kier alpha value is -2.17. The minimum Gasteiger partial charge on any atom is -0.339 e. The van der Waals surface area contributed by atoms with Crippen LogP contribution in [0.25, 0.3) is 0 Å². The minimum atomic E-state index is 0.00370. The normalized spacial score (nSPS) is 18.4. The molecule has 1 aromatic carbocycles. The molecule has 0 radical (unpaired) electrons. The van der Waals surface area contributed by atoms with E-state index in [0.29, 0.717) is 31.7 Å². The molecule has 2 amide bonds. The van der Waals surface area contributed by atoms with Gasteiger partial charge in [-0.1, -0.05) is 43.2 Å².